The summed E-state index contributed by atoms with van der Waals surface area (Å²) in [7, 11) is 3.15. The van der Waals surface area contributed by atoms with Crippen molar-refractivity contribution in [2.45, 2.75) is 0 Å². The molecule has 0 bridgehead atoms. The number of carbonyl (C=O) groups is 1. The lowest BCUT2D eigenvalue weighted by molar-refractivity contribution is 0.111. The van der Waals surface area contributed by atoms with Crippen LogP contribution in [0.5, 0.6) is 11.5 Å². The molecule has 0 amide bonds. The maximum atomic E-state index is 11.4. The van der Waals surface area contributed by atoms with E-state index in [0.29, 0.717) is 34.2 Å². The van der Waals surface area contributed by atoms with Crippen LogP contribution in [0.25, 0.3) is 17.0 Å². The molecule has 0 saturated heterocycles. The summed E-state index contributed by atoms with van der Waals surface area (Å²) in [6.45, 7) is 0. The van der Waals surface area contributed by atoms with Crippen LogP contribution < -0.4 is 9.47 Å². The highest BCUT2D eigenvalue weighted by atomic mass is 16.5. The van der Waals surface area contributed by atoms with Gasteiger partial charge >= 0.3 is 0 Å². The third-order valence-corrected chi connectivity index (χ3v) is 3.22. The molecule has 6 heteroatoms. The molecule has 106 valence electrons. The fourth-order valence-corrected chi connectivity index (χ4v) is 2.21. The van der Waals surface area contributed by atoms with Crippen molar-refractivity contribution in [2.24, 2.45) is 0 Å². The Hall–Kier alpha value is -2.89. The Bertz CT molecular complexity index is 811. The highest BCUT2D eigenvalue weighted by Gasteiger charge is 2.17. The molecule has 0 saturated carbocycles. The van der Waals surface area contributed by atoms with E-state index in [4.69, 9.17) is 9.47 Å². The minimum atomic E-state index is 0.432. The summed E-state index contributed by atoms with van der Waals surface area (Å²) >= 11 is 0. The molecule has 2 heterocycles. The minimum absolute atomic E-state index is 0.432. The number of carbonyl (C=O) groups excluding carboxylic acids is 1. The molecule has 0 aliphatic carbocycles. The summed E-state index contributed by atoms with van der Waals surface area (Å²) in [5.74, 6) is 1.72. The first-order valence-corrected chi connectivity index (χ1v) is 6.29. The van der Waals surface area contributed by atoms with Gasteiger partial charge in [-0.3, -0.25) is 9.20 Å². The van der Waals surface area contributed by atoms with Gasteiger partial charge in [-0.05, 0) is 18.2 Å². The molecule has 3 rings (SSSR count). The smallest absolute Gasteiger partial charge is 0.234 e. The van der Waals surface area contributed by atoms with Gasteiger partial charge in [0.05, 0.1) is 14.2 Å². The summed E-state index contributed by atoms with van der Waals surface area (Å²) in [5, 5.41) is 0. The first-order valence-electron chi connectivity index (χ1n) is 6.29. The van der Waals surface area contributed by atoms with Gasteiger partial charge in [0.15, 0.2) is 6.29 Å². The van der Waals surface area contributed by atoms with Crippen LogP contribution in [0.3, 0.4) is 0 Å². The van der Waals surface area contributed by atoms with Crippen molar-refractivity contribution in [3.8, 4) is 22.8 Å². The van der Waals surface area contributed by atoms with E-state index >= 15 is 0 Å². The molecule has 3 aromatic rings. The molecule has 0 aliphatic rings. The molecule has 21 heavy (non-hydrogen) atoms. The fourth-order valence-electron chi connectivity index (χ4n) is 2.21. The number of aldehydes is 1. The lowest BCUT2D eigenvalue weighted by atomic mass is 10.1. The van der Waals surface area contributed by atoms with Crippen LogP contribution in [0, 0.1) is 0 Å². The molecule has 0 unspecified atom stereocenters. The van der Waals surface area contributed by atoms with Gasteiger partial charge < -0.3 is 9.47 Å². The van der Waals surface area contributed by atoms with Crippen LogP contribution in [0.1, 0.15) is 10.5 Å². The predicted molar refractivity (Wildman–Crippen MR) is 76.9 cm³/mol. The molecule has 0 spiro atoms. The third-order valence-electron chi connectivity index (χ3n) is 3.22. The van der Waals surface area contributed by atoms with Gasteiger partial charge in [0.25, 0.3) is 0 Å². The lowest BCUT2D eigenvalue weighted by Crippen LogP contribution is -1.95. The van der Waals surface area contributed by atoms with E-state index in [0.717, 1.165) is 6.29 Å². The van der Waals surface area contributed by atoms with Crippen LogP contribution in [0.4, 0.5) is 0 Å². The molecular formula is C15H13N3O3. The van der Waals surface area contributed by atoms with Crippen molar-refractivity contribution >= 4 is 12.1 Å². The second kappa shape index (κ2) is 5.24. The Morgan fingerprint density at radius 2 is 2.10 bits per heavy atom. The quantitative estimate of drug-likeness (QED) is 0.687. The number of rotatable bonds is 4. The molecule has 0 fully saturated rings. The Labute approximate surface area is 121 Å². The van der Waals surface area contributed by atoms with Gasteiger partial charge in [-0.15, -0.1) is 0 Å². The van der Waals surface area contributed by atoms with Crippen molar-refractivity contribution < 1.29 is 14.3 Å². The zero-order chi connectivity index (χ0) is 14.8. The molecule has 0 N–H and O–H groups in total. The Morgan fingerprint density at radius 1 is 1.24 bits per heavy atom. The highest BCUT2D eigenvalue weighted by molar-refractivity contribution is 5.87. The van der Waals surface area contributed by atoms with Crippen LogP contribution in [0.2, 0.25) is 0 Å². The van der Waals surface area contributed by atoms with Crippen molar-refractivity contribution in [3.05, 3.63) is 42.4 Å². The van der Waals surface area contributed by atoms with Gasteiger partial charge in [0, 0.05) is 24.0 Å². The monoisotopic (exact) mass is 283 g/mol. The van der Waals surface area contributed by atoms with Crippen molar-refractivity contribution in [3.63, 3.8) is 0 Å². The maximum absolute atomic E-state index is 11.4. The van der Waals surface area contributed by atoms with Crippen molar-refractivity contribution in [2.75, 3.05) is 14.2 Å². The molecule has 0 aliphatic heterocycles. The standard InChI is InChI=1S/C15H13N3O3/c1-20-10-4-5-11(13(8-10)21-2)14-12(9-19)18-7-3-6-16-15(18)17-14/h3-9H,1-2H3. The van der Waals surface area contributed by atoms with Crippen LogP contribution in [-0.4, -0.2) is 34.9 Å². The molecule has 2 aromatic heterocycles. The minimum Gasteiger partial charge on any atom is -0.497 e. The van der Waals surface area contributed by atoms with E-state index < -0.39 is 0 Å². The van der Waals surface area contributed by atoms with Gasteiger partial charge in [0.2, 0.25) is 5.78 Å². The van der Waals surface area contributed by atoms with Crippen molar-refractivity contribution in [1.29, 1.82) is 0 Å². The van der Waals surface area contributed by atoms with Gasteiger partial charge in [-0.25, -0.2) is 9.97 Å². The zero-order valence-electron chi connectivity index (χ0n) is 11.6. The summed E-state index contributed by atoms with van der Waals surface area (Å²) < 4.78 is 12.2. The average molecular weight is 283 g/mol. The molecular weight excluding hydrogens is 270 g/mol. The first kappa shape index (κ1) is 13.1. The molecule has 0 radical (unpaired) electrons. The van der Waals surface area contributed by atoms with E-state index in [1.807, 2.05) is 6.07 Å². The number of nitrogens with zero attached hydrogens (tertiary/aromatic N) is 3. The normalized spacial score (nSPS) is 10.6. The highest BCUT2D eigenvalue weighted by Crippen LogP contribution is 2.34. The third kappa shape index (κ3) is 2.10. The van der Waals surface area contributed by atoms with Gasteiger partial charge in [-0.1, -0.05) is 0 Å². The van der Waals surface area contributed by atoms with Gasteiger partial charge in [0.1, 0.15) is 22.9 Å². The van der Waals surface area contributed by atoms with E-state index in [-0.39, 0.29) is 0 Å². The van der Waals surface area contributed by atoms with Crippen LogP contribution in [-0.2, 0) is 0 Å². The maximum Gasteiger partial charge on any atom is 0.234 e. The molecule has 0 atom stereocenters. The van der Waals surface area contributed by atoms with E-state index in [1.54, 1.807) is 49.2 Å². The Kier molecular flexibility index (Phi) is 3.27. The second-order valence-electron chi connectivity index (χ2n) is 4.32. The lowest BCUT2D eigenvalue weighted by Gasteiger charge is -2.09. The average Bonchev–Trinajstić information content (AvgIpc) is 2.92. The number of hydrogen-bond acceptors (Lipinski definition) is 5. The van der Waals surface area contributed by atoms with Crippen molar-refractivity contribution in [1.82, 2.24) is 14.4 Å². The first-order chi connectivity index (χ1) is 10.3. The second-order valence-corrected chi connectivity index (χ2v) is 4.32. The number of hydrogen-bond donors (Lipinski definition) is 0. The van der Waals surface area contributed by atoms with Crippen LogP contribution >= 0.6 is 0 Å². The number of aromatic nitrogens is 3. The SMILES string of the molecule is COc1ccc(-c2nc3ncccn3c2C=O)c(OC)c1. The Morgan fingerprint density at radius 3 is 2.81 bits per heavy atom. The predicted octanol–water partition coefficient (Wildman–Crippen LogP) is 2.23. The number of benzene rings is 1. The summed E-state index contributed by atoms with van der Waals surface area (Å²) in [5.41, 5.74) is 1.68. The summed E-state index contributed by atoms with van der Waals surface area (Å²) in [4.78, 5) is 20.0. The van der Waals surface area contributed by atoms with Crippen LogP contribution in [0.15, 0.2) is 36.7 Å². The summed E-state index contributed by atoms with van der Waals surface area (Å²) in [6, 6.07) is 7.11. The Balaban J connectivity index is 2.27. The van der Waals surface area contributed by atoms with E-state index in [2.05, 4.69) is 9.97 Å². The zero-order valence-corrected chi connectivity index (χ0v) is 11.6. The molecule has 6 nitrogen and oxygen atoms in total. The topological polar surface area (TPSA) is 65.7 Å². The van der Waals surface area contributed by atoms with Gasteiger partial charge in [-0.2, -0.15) is 0 Å². The number of ether oxygens (including phenoxy) is 2. The number of imidazole rings is 1. The number of fused-ring (bicyclic) bond motifs is 1. The van der Waals surface area contributed by atoms with E-state index in [9.17, 15) is 4.79 Å². The largest absolute Gasteiger partial charge is 0.497 e. The number of methoxy groups -OCH3 is 2. The molecule has 1 aromatic carbocycles. The fraction of sp³-hybridized carbons (Fsp3) is 0.133. The van der Waals surface area contributed by atoms with E-state index in [1.165, 1.54) is 0 Å². The summed E-state index contributed by atoms with van der Waals surface area (Å²) in [6.07, 6.45) is 4.14.